The lowest BCUT2D eigenvalue weighted by molar-refractivity contribution is -0.115. The Kier molecular flexibility index (Phi) is 4.15. The number of hydrogen-bond acceptors (Lipinski definition) is 6. The summed E-state index contributed by atoms with van der Waals surface area (Å²) in [4.78, 5) is 34.2. The van der Waals surface area contributed by atoms with E-state index in [1.54, 1.807) is 18.3 Å². The zero-order valence-corrected chi connectivity index (χ0v) is 13.4. The summed E-state index contributed by atoms with van der Waals surface area (Å²) in [5, 5.41) is 1.90. The number of carbonyl (C=O) groups is 2. The van der Waals surface area contributed by atoms with Crippen LogP contribution in [0.2, 0.25) is 0 Å². The lowest BCUT2D eigenvalue weighted by Gasteiger charge is -2.34. The summed E-state index contributed by atoms with van der Waals surface area (Å²) in [7, 11) is 0. The SMILES string of the molecule is CC1CC(C)CN(c2nccc(C=C3SC(=O)NC3=O)n2)C1. The molecule has 2 unspecified atom stereocenters. The van der Waals surface area contributed by atoms with Gasteiger partial charge in [0.05, 0.1) is 10.6 Å². The van der Waals surface area contributed by atoms with Crippen molar-refractivity contribution in [1.82, 2.24) is 15.3 Å². The van der Waals surface area contributed by atoms with Crippen molar-refractivity contribution in [3.05, 3.63) is 22.9 Å². The number of carbonyl (C=O) groups excluding carboxylic acids is 2. The molecule has 0 aromatic carbocycles. The number of aromatic nitrogens is 2. The van der Waals surface area contributed by atoms with Crippen LogP contribution in [0.3, 0.4) is 0 Å². The molecule has 116 valence electrons. The van der Waals surface area contributed by atoms with Crippen LogP contribution in [0.5, 0.6) is 0 Å². The number of anilines is 1. The average molecular weight is 318 g/mol. The van der Waals surface area contributed by atoms with Gasteiger partial charge >= 0.3 is 0 Å². The molecule has 3 heterocycles. The highest BCUT2D eigenvalue weighted by Gasteiger charge is 2.26. The van der Waals surface area contributed by atoms with Crippen LogP contribution in [-0.2, 0) is 4.79 Å². The highest BCUT2D eigenvalue weighted by atomic mass is 32.2. The Hall–Kier alpha value is -1.89. The number of imide groups is 1. The Bertz CT molecular complexity index is 636. The molecule has 0 aliphatic carbocycles. The van der Waals surface area contributed by atoms with Crippen LogP contribution in [-0.4, -0.2) is 34.2 Å². The summed E-state index contributed by atoms with van der Waals surface area (Å²) >= 11 is 0.898. The van der Waals surface area contributed by atoms with E-state index in [1.807, 2.05) is 0 Å². The van der Waals surface area contributed by atoms with Crippen molar-refractivity contribution in [3.8, 4) is 0 Å². The largest absolute Gasteiger partial charge is 0.340 e. The van der Waals surface area contributed by atoms with Gasteiger partial charge in [-0.2, -0.15) is 0 Å². The van der Waals surface area contributed by atoms with Crippen LogP contribution in [0.4, 0.5) is 10.7 Å². The first-order valence-electron chi connectivity index (χ1n) is 7.34. The summed E-state index contributed by atoms with van der Waals surface area (Å²) in [5.74, 6) is 1.55. The van der Waals surface area contributed by atoms with Crippen molar-refractivity contribution < 1.29 is 9.59 Å². The van der Waals surface area contributed by atoms with Gasteiger partial charge in [-0.1, -0.05) is 13.8 Å². The highest BCUT2D eigenvalue weighted by Crippen LogP contribution is 2.26. The predicted molar refractivity (Wildman–Crippen MR) is 86.3 cm³/mol. The molecule has 2 aliphatic heterocycles. The molecule has 7 heteroatoms. The molecule has 0 bridgehead atoms. The second kappa shape index (κ2) is 6.08. The number of thioether (sulfide) groups is 1. The van der Waals surface area contributed by atoms with Crippen LogP contribution in [0.15, 0.2) is 17.2 Å². The number of piperidine rings is 1. The molecule has 1 aromatic heterocycles. The fourth-order valence-electron chi connectivity index (χ4n) is 2.98. The molecular formula is C15H18N4O2S. The molecular weight excluding hydrogens is 300 g/mol. The maximum atomic E-state index is 11.6. The van der Waals surface area contributed by atoms with Gasteiger partial charge in [0.1, 0.15) is 0 Å². The van der Waals surface area contributed by atoms with Gasteiger partial charge in [-0.3, -0.25) is 14.9 Å². The first-order valence-corrected chi connectivity index (χ1v) is 8.16. The van der Waals surface area contributed by atoms with E-state index in [0.717, 1.165) is 24.9 Å². The van der Waals surface area contributed by atoms with Crippen LogP contribution >= 0.6 is 11.8 Å². The topological polar surface area (TPSA) is 75.2 Å². The van der Waals surface area contributed by atoms with Gasteiger partial charge in [-0.25, -0.2) is 9.97 Å². The van der Waals surface area contributed by atoms with E-state index < -0.39 is 0 Å². The number of nitrogens with zero attached hydrogens (tertiary/aromatic N) is 3. The third-order valence-electron chi connectivity index (χ3n) is 3.74. The van der Waals surface area contributed by atoms with Gasteiger partial charge in [0.15, 0.2) is 0 Å². The monoisotopic (exact) mass is 318 g/mol. The van der Waals surface area contributed by atoms with E-state index in [-0.39, 0.29) is 11.1 Å². The Morgan fingerprint density at radius 2 is 2.05 bits per heavy atom. The van der Waals surface area contributed by atoms with Crippen molar-refractivity contribution >= 4 is 34.9 Å². The van der Waals surface area contributed by atoms with E-state index >= 15 is 0 Å². The predicted octanol–water partition coefficient (Wildman–Crippen LogP) is 2.28. The molecule has 2 fully saturated rings. The summed E-state index contributed by atoms with van der Waals surface area (Å²) in [6.45, 7) is 6.36. The average Bonchev–Trinajstić information content (AvgIpc) is 2.76. The smallest absolute Gasteiger partial charge is 0.290 e. The van der Waals surface area contributed by atoms with Crippen molar-refractivity contribution in [2.75, 3.05) is 18.0 Å². The number of amides is 2. The Morgan fingerprint density at radius 3 is 2.68 bits per heavy atom. The number of hydrogen-bond donors (Lipinski definition) is 1. The van der Waals surface area contributed by atoms with Gasteiger partial charge in [-0.05, 0) is 42.2 Å². The van der Waals surface area contributed by atoms with E-state index in [1.165, 1.54) is 6.42 Å². The molecule has 2 amide bonds. The van der Waals surface area contributed by atoms with Crippen molar-refractivity contribution in [2.24, 2.45) is 11.8 Å². The van der Waals surface area contributed by atoms with Gasteiger partial charge in [0, 0.05) is 19.3 Å². The minimum Gasteiger partial charge on any atom is -0.340 e. The zero-order chi connectivity index (χ0) is 15.7. The maximum absolute atomic E-state index is 11.6. The molecule has 1 aromatic rings. The highest BCUT2D eigenvalue weighted by molar-refractivity contribution is 8.18. The standard InChI is InChI=1S/C15H18N4O2S/c1-9-5-10(2)8-19(7-9)14-16-4-3-11(17-14)6-12-13(20)18-15(21)22-12/h3-4,6,9-10H,5,7-8H2,1-2H3,(H,18,20,21). The normalized spacial score (nSPS) is 27.4. The first kappa shape index (κ1) is 15.0. The first-order chi connectivity index (χ1) is 10.5. The zero-order valence-electron chi connectivity index (χ0n) is 12.6. The van der Waals surface area contributed by atoms with Gasteiger partial charge in [0.25, 0.3) is 11.1 Å². The molecule has 22 heavy (non-hydrogen) atoms. The molecule has 0 spiro atoms. The van der Waals surface area contributed by atoms with Crippen LogP contribution in [0, 0.1) is 11.8 Å². The van der Waals surface area contributed by atoms with Crippen LogP contribution in [0.25, 0.3) is 6.08 Å². The van der Waals surface area contributed by atoms with Crippen molar-refractivity contribution in [1.29, 1.82) is 0 Å². The second-order valence-corrected chi connectivity index (χ2v) is 7.00. The molecule has 2 aliphatic rings. The fourth-order valence-corrected chi connectivity index (χ4v) is 3.64. The van der Waals surface area contributed by atoms with Crippen LogP contribution in [0.1, 0.15) is 26.0 Å². The van der Waals surface area contributed by atoms with Gasteiger partial charge in [0.2, 0.25) is 5.95 Å². The summed E-state index contributed by atoms with van der Waals surface area (Å²) < 4.78 is 0. The third-order valence-corrected chi connectivity index (χ3v) is 4.55. The lowest BCUT2D eigenvalue weighted by atomic mass is 9.92. The van der Waals surface area contributed by atoms with Crippen molar-refractivity contribution in [2.45, 2.75) is 20.3 Å². The number of nitrogens with one attached hydrogen (secondary N) is 1. The molecule has 0 radical (unpaired) electrons. The quantitative estimate of drug-likeness (QED) is 0.843. The summed E-state index contributed by atoms with van der Waals surface area (Å²) in [6.07, 6.45) is 4.55. The molecule has 1 N–H and O–H groups in total. The Labute approximate surface area is 133 Å². The molecule has 6 nitrogen and oxygen atoms in total. The molecule has 3 rings (SSSR count). The maximum Gasteiger partial charge on any atom is 0.290 e. The number of rotatable bonds is 2. The van der Waals surface area contributed by atoms with Gasteiger partial charge < -0.3 is 4.90 Å². The lowest BCUT2D eigenvalue weighted by Crippen LogP contribution is -2.39. The molecule has 2 saturated heterocycles. The van der Waals surface area contributed by atoms with Crippen molar-refractivity contribution in [3.63, 3.8) is 0 Å². The second-order valence-electron chi connectivity index (χ2n) is 5.98. The summed E-state index contributed by atoms with van der Waals surface area (Å²) in [6, 6.07) is 1.74. The summed E-state index contributed by atoms with van der Waals surface area (Å²) in [5.41, 5.74) is 0.642. The Morgan fingerprint density at radius 1 is 1.32 bits per heavy atom. The van der Waals surface area contributed by atoms with E-state index in [2.05, 4.69) is 34.0 Å². The Balaban J connectivity index is 1.82. The molecule has 0 saturated carbocycles. The van der Waals surface area contributed by atoms with Gasteiger partial charge in [-0.15, -0.1) is 0 Å². The fraction of sp³-hybridized carbons (Fsp3) is 0.467. The van der Waals surface area contributed by atoms with E-state index in [0.29, 0.717) is 28.4 Å². The van der Waals surface area contributed by atoms with Crippen LogP contribution < -0.4 is 10.2 Å². The third kappa shape index (κ3) is 3.30. The van der Waals surface area contributed by atoms with E-state index in [4.69, 9.17) is 0 Å². The molecule has 2 atom stereocenters. The van der Waals surface area contributed by atoms with E-state index in [9.17, 15) is 9.59 Å². The minimum absolute atomic E-state index is 0.343. The minimum atomic E-state index is -0.365.